The molecule has 1 heterocycles. The van der Waals surface area contributed by atoms with Gasteiger partial charge in [-0.25, -0.2) is 14.4 Å². The molecule has 0 amide bonds. The van der Waals surface area contributed by atoms with Gasteiger partial charge in [-0.1, -0.05) is 11.6 Å². The average molecular weight is 254 g/mol. The molecule has 2 aromatic rings. The maximum atomic E-state index is 12.9. The third kappa shape index (κ3) is 2.29. The second kappa shape index (κ2) is 4.55. The number of nitrogens with zero attached hydrogens (tertiary/aromatic N) is 2. The van der Waals surface area contributed by atoms with Crippen LogP contribution in [0.25, 0.3) is 11.4 Å². The third-order valence-corrected chi connectivity index (χ3v) is 2.48. The van der Waals surface area contributed by atoms with Crippen LogP contribution in [0.5, 0.6) is 5.75 Å². The number of hydrogen-bond acceptors (Lipinski definition) is 4. The van der Waals surface area contributed by atoms with Crippen LogP contribution in [-0.4, -0.2) is 17.1 Å². The van der Waals surface area contributed by atoms with Crippen LogP contribution in [0, 0.1) is 5.82 Å². The minimum atomic E-state index is -0.645. The van der Waals surface area contributed by atoms with Crippen molar-refractivity contribution in [1.29, 1.82) is 0 Å². The van der Waals surface area contributed by atoms with E-state index >= 15 is 0 Å². The lowest BCUT2D eigenvalue weighted by Gasteiger charge is -2.05. The summed E-state index contributed by atoms with van der Waals surface area (Å²) in [5, 5.41) is 0.427. The van der Waals surface area contributed by atoms with E-state index in [0.717, 1.165) is 6.20 Å². The Hall–Kier alpha value is -1.88. The van der Waals surface area contributed by atoms with Crippen LogP contribution < -0.4 is 10.5 Å². The summed E-state index contributed by atoms with van der Waals surface area (Å²) < 4.78 is 17.9. The highest BCUT2D eigenvalue weighted by Crippen LogP contribution is 2.28. The highest BCUT2D eigenvalue weighted by atomic mass is 35.5. The first-order chi connectivity index (χ1) is 8.11. The molecule has 0 saturated carbocycles. The summed E-state index contributed by atoms with van der Waals surface area (Å²) in [6.45, 7) is 0. The van der Waals surface area contributed by atoms with Crippen molar-refractivity contribution in [2.45, 2.75) is 0 Å². The van der Waals surface area contributed by atoms with Crippen molar-refractivity contribution in [3.05, 3.63) is 35.2 Å². The van der Waals surface area contributed by atoms with Gasteiger partial charge in [0.25, 0.3) is 0 Å². The van der Waals surface area contributed by atoms with E-state index in [0.29, 0.717) is 22.2 Å². The number of aromatic nitrogens is 2. The van der Waals surface area contributed by atoms with Gasteiger partial charge in [0.05, 0.1) is 18.3 Å². The summed E-state index contributed by atoms with van der Waals surface area (Å²) in [4.78, 5) is 7.67. The molecule has 0 aliphatic heterocycles. The number of rotatable bonds is 2. The highest BCUT2D eigenvalue weighted by molar-refractivity contribution is 6.32. The Kier molecular flexibility index (Phi) is 3.10. The minimum Gasteiger partial charge on any atom is -0.495 e. The van der Waals surface area contributed by atoms with Gasteiger partial charge in [0, 0.05) is 5.56 Å². The Bertz CT molecular complexity index is 562. The van der Waals surface area contributed by atoms with Crippen molar-refractivity contribution in [2.24, 2.45) is 0 Å². The van der Waals surface area contributed by atoms with Gasteiger partial charge in [0.15, 0.2) is 17.5 Å². The van der Waals surface area contributed by atoms with Crippen LogP contribution >= 0.6 is 11.6 Å². The lowest BCUT2D eigenvalue weighted by Crippen LogP contribution is -1.99. The number of anilines is 1. The second-order valence-corrected chi connectivity index (χ2v) is 3.68. The summed E-state index contributed by atoms with van der Waals surface area (Å²) in [5.74, 6) is 0.0225. The summed E-state index contributed by atoms with van der Waals surface area (Å²) in [6, 6.07) is 5.03. The summed E-state index contributed by atoms with van der Waals surface area (Å²) in [6.07, 6.45) is 1.02. The number of benzene rings is 1. The molecule has 0 unspecified atom stereocenters. The fourth-order valence-electron chi connectivity index (χ4n) is 1.32. The van der Waals surface area contributed by atoms with E-state index in [1.807, 2.05) is 0 Å². The van der Waals surface area contributed by atoms with Gasteiger partial charge in [-0.3, -0.25) is 0 Å². The molecule has 6 heteroatoms. The fourth-order valence-corrected chi connectivity index (χ4v) is 1.58. The van der Waals surface area contributed by atoms with Crippen molar-refractivity contribution in [3.63, 3.8) is 0 Å². The number of halogens is 2. The normalized spacial score (nSPS) is 10.3. The van der Waals surface area contributed by atoms with E-state index in [9.17, 15) is 4.39 Å². The standard InChI is InChI=1S/C11H9ClFN3O/c1-17-9-3-2-6(4-7(9)12)11-15-5-8(13)10(14)16-11/h2-5H,1H3,(H2,14,15,16). The molecule has 0 spiro atoms. The predicted molar refractivity (Wildman–Crippen MR) is 63.4 cm³/mol. The monoisotopic (exact) mass is 253 g/mol. The molecule has 0 atom stereocenters. The molecule has 88 valence electrons. The number of ether oxygens (including phenoxy) is 1. The quantitative estimate of drug-likeness (QED) is 0.893. The summed E-state index contributed by atoms with van der Waals surface area (Å²) in [5.41, 5.74) is 6.01. The van der Waals surface area contributed by atoms with Crippen LogP contribution in [0.15, 0.2) is 24.4 Å². The topological polar surface area (TPSA) is 61.0 Å². The first kappa shape index (κ1) is 11.6. The van der Waals surface area contributed by atoms with E-state index in [1.165, 1.54) is 7.11 Å². The van der Waals surface area contributed by atoms with Gasteiger partial charge in [-0.2, -0.15) is 0 Å². The van der Waals surface area contributed by atoms with Crippen molar-refractivity contribution < 1.29 is 9.13 Å². The van der Waals surface area contributed by atoms with Gasteiger partial charge in [0.2, 0.25) is 0 Å². The molecule has 17 heavy (non-hydrogen) atoms. The van der Waals surface area contributed by atoms with Crippen LogP contribution in [0.1, 0.15) is 0 Å². The van der Waals surface area contributed by atoms with E-state index in [4.69, 9.17) is 22.1 Å². The Morgan fingerprint density at radius 2 is 2.18 bits per heavy atom. The largest absolute Gasteiger partial charge is 0.495 e. The number of nitrogens with two attached hydrogens (primary N) is 1. The van der Waals surface area contributed by atoms with Gasteiger partial charge < -0.3 is 10.5 Å². The highest BCUT2D eigenvalue weighted by Gasteiger charge is 2.08. The first-order valence-corrected chi connectivity index (χ1v) is 5.11. The maximum Gasteiger partial charge on any atom is 0.183 e. The molecule has 0 saturated heterocycles. The lowest BCUT2D eigenvalue weighted by atomic mass is 10.2. The summed E-state index contributed by atoms with van der Waals surface area (Å²) in [7, 11) is 1.52. The average Bonchev–Trinajstić information content (AvgIpc) is 2.32. The van der Waals surface area contributed by atoms with Gasteiger partial charge in [-0.15, -0.1) is 0 Å². The number of hydrogen-bond donors (Lipinski definition) is 1. The molecule has 0 aliphatic rings. The van der Waals surface area contributed by atoms with Crippen LogP contribution in [0.3, 0.4) is 0 Å². The molecule has 0 bridgehead atoms. The minimum absolute atomic E-state index is 0.193. The van der Waals surface area contributed by atoms with Crippen molar-refractivity contribution in [2.75, 3.05) is 12.8 Å². The van der Waals surface area contributed by atoms with Gasteiger partial charge in [-0.05, 0) is 18.2 Å². The Morgan fingerprint density at radius 3 is 2.76 bits per heavy atom. The van der Waals surface area contributed by atoms with Crippen molar-refractivity contribution >= 4 is 17.4 Å². The van der Waals surface area contributed by atoms with Crippen LogP contribution in [-0.2, 0) is 0 Å². The van der Waals surface area contributed by atoms with E-state index in [-0.39, 0.29) is 5.82 Å². The molecule has 1 aromatic heterocycles. The molecule has 2 N–H and O–H groups in total. The Balaban J connectivity index is 2.46. The zero-order valence-electron chi connectivity index (χ0n) is 8.95. The first-order valence-electron chi connectivity index (χ1n) is 4.73. The molecule has 0 radical (unpaired) electrons. The number of nitrogen functional groups attached to an aromatic ring is 1. The van der Waals surface area contributed by atoms with Crippen molar-refractivity contribution in [1.82, 2.24) is 9.97 Å². The van der Waals surface area contributed by atoms with Crippen LogP contribution in [0.2, 0.25) is 5.02 Å². The van der Waals surface area contributed by atoms with E-state index < -0.39 is 5.82 Å². The molecular weight excluding hydrogens is 245 g/mol. The maximum absolute atomic E-state index is 12.9. The van der Waals surface area contributed by atoms with Gasteiger partial charge >= 0.3 is 0 Å². The Morgan fingerprint density at radius 1 is 1.41 bits per heavy atom. The number of methoxy groups -OCH3 is 1. The van der Waals surface area contributed by atoms with E-state index in [1.54, 1.807) is 18.2 Å². The second-order valence-electron chi connectivity index (χ2n) is 3.28. The summed E-state index contributed by atoms with van der Waals surface area (Å²) >= 11 is 5.96. The van der Waals surface area contributed by atoms with Crippen LogP contribution in [0.4, 0.5) is 10.2 Å². The van der Waals surface area contributed by atoms with Gasteiger partial charge in [0.1, 0.15) is 5.75 Å². The van der Waals surface area contributed by atoms with Crippen molar-refractivity contribution in [3.8, 4) is 17.1 Å². The zero-order chi connectivity index (χ0) is 12.4. The fraction of sp³-hybridized carbons (Fsp3) is 0.0909. The molecule has 2 rings (SSSR count). The molecule has 0 aliphatic carbocycles. The molecule has 1 aromatic carbocycles. The van der Waals surface area contributed by atoms with E-state index in [2.05, 4.69) is 9.97 Å². The SMILES string of the molecule is COc1ccc(-c2ncc(F)c(N)n2)cc1Cl. The third-order valence-electron chi connectivity index (χ3n) is 2.18. The lowest BCUT2D eigenvalue weighted by molar-refractivity contribution is 0.415. The zero-order valence-corrected chi connectivity index (χ0v) is 9.70. The predicted octanol–water partition coefficient (Wildman–Crippen LogP) is 2.53. The Labute approximate surface area is 102 Å². The molecule has 0 fully saturated rings. The smallest absolute Gasteiger partial charge is 0.183 e. The molecular formula is C11H9ClFN3O. The molecule has 4 nitrogen and oxygen atoms in total.